The molecule has 0 unspecified atom stereocenters. The van der Waals surface area contributed by atoms with Crippen LogP contribution in [0.2, 0.25) is 0 Å². The van der Waals surface area contributed by atoms with Crippen LogP contribution in [0.25, 0.3) is 0 Å². The molecule has 1 aromatic heterocycles. The van der Waals surface area contributed by atoms with E-state index < -0.39 is 0 Å². The molecule has 1 N–H and O–H groups in total. The summed E-state index contributed by atoms with van der Waals surface area (Å²) < 4.78 is 1.72. The summed E-state index contributed by atoms with van der Waals surface area (Å²) in [4.78, 5) is 8.44. The van der Waals surface area contributed by atoms with Gasteiger partial charge in [0.15, 0.2) is 11.0 Å². The average molecular weight is 211 g/mol. The average Bonchev–Trinajstić information content (AvgIpc) is 2.77. The summed E-state index contributed by atoms with van der Waals surface area (Å²) in [7, 11) is 1.88. The lowest BCUT2D eigenvalue weighted by atomic mass is 10.4. The minimum atomic E-state index is 0.848. The van der Waals surface area contributed by atoms with Crippen molar-refractivity contribution in [1.82, 2.24) is 20.1 Å². The summed E-state index contributed by atoms with van der Waals surface area (Å²) in [6, 6.07) is 0. The van der Waals surface area contributed by atoms with Crippen LogP contribution >= 0.6 is 11.8 Å². The number of nitrogens with zero attached hydrogens (tertiary/aromatic N) is 4. The molecule has 0 aromatic carbocycles. The molecule has 0 fully saturated rings. The van der Waals surface area contributed by atoms with E-state index in [0.717, 1.165) is 36.3 Å². The Morgan fingerprint density at radius 2 is 2.57 bits per heavy atom. The quantitative estimate of drug-likeness (QED) is 0.767. The van der Waals surface area contributed by atoms with Gasteiger partial charge in [-0.1, -0.05) is 11.8 Å². The molecule has 2 rings (SSSR count). The number of amidine groups is 1. The maximum atomic E-state index is 4.29. The highest BCUT2D eigenvalue weighted by Crippen LogP contribution is 2.08. The van der Waals surface area contributed by atoms with Crippen molar-refractivity contribution in [2.75, 3.05) is 18.8 Å². The Kier molecular flexibility index (Phi) is 3.03. The van der Waals surface area contributed by atoms with Gasteiger partial charge in [-0.05, 0) is 0 Å². The summed E-state index contributed by atoms with van der Waals surface area (Å²) in [5.41, 5.74) is 0. The SMILES string of the molecule is Cn1cnc(CCNC2=NCCS2)n1. The molecule has 0 saturated carbocycles. The van der Waals surface area contributed by atoms with Gasteiger partial charge in [-0.15, -0.1) is 0 Å². The summed E-state index contributed by atoms with van der Waals surface area (Å²) in [6.45, 7) is 1.80. The smallest absolute Gasteiger partial charge is 0.156 e. The van der Waals surface area contributed by atoms with E-state index in [9.17, 15) is 0 Å². The topological polar surface area (TPSA) is 55.1 Å². The van der Waals surface area contributed by atoms with Gasteiger partial charge in [-0.2, -0.15) is 5.10 Å². The number of nitrogens with one attached hydrogen (secondary N) is 1. The fourth-order valence-corrected chi connectivity index (χ4v) is 1.98. The Hall–Kier alpha value is -1.04. The molecule has 1 aliphatic heterocycles. The van der Waals surface area contributed by atoms with E-state index in [4.69, 9.17) is 0 Å². The van der Waals surface area contributed by atoms with Crippen LogP contribution in [0.3, 0.4) is 0 Å². The van der Waals surface area contributed by atoms with Gasteiger partial charge in [0, 0.05) is 25.8 Å². The van der Waals surface area contributed by atoms with Gasteiger partial charge in [0.05, 0.1) is 6.54 Å². The Morgan fingerprint density at radius 3 is 3.21 bits per heavy atom. The van der Waals surface area contributed by atoms with E-state index in [-0.39, 0.29) is 0 Å². The molecule has 76 valence electrons. The van der Waals surface area contributed by atoms with Crippen molar-refractivity contribution < 1.29 is 0 Å². The third-order valence-electron chi connectivity index (χ3n) is 1.86. The van der Waals surface area contributed by atoms with Gasteiger partial charge in [-0.3, -0.25) is 9.67 Å². The third-order valence-corrected chi connectivity index (χ3v) is 2.79. The maximum absolute atomic E-state index is 4.29. The zero-order chi connectivity index (χ0) is 9.80. The predicted octanol–water partition coefficient (Wildman–Crippen LogP) is 0.0500. The molecule has 14 heavy (non-hydrogen) atoms. The molecular weight excluding hydrogens is 198 g/mol. The van der Waals surface area contributed by atoms with Crippen LogP contribution < -0.4 is 5.32 Å². The predicted molar refractivity (Wildman–Crippen MR) is 57.5 cm³/mol. The van der Waals surface area contributed by atoms with Crippen LogP contribution in [0.1, 0.15) is 5.82 Å². The molecule has 0 bridgehead atoms. The molecule has 0 radical (unpaired) electrons. The Morgan fingerprint density at radius 1 is 1.64 bits per heavy atom. The highest BCUT2D eigenvalue weighted by Gasteiger charge is 2.06. The Bertz CT molecular complexity index is 332. The molecule has 0 saturated heterocycles. The van der Waals surface area contributed by atoms with Crippen LogP contribution in [0.4, 0.5) is 0 Å². The number of hydrogen-bond acceptors (Lipinski definition) is 5. The molecule has 0 atom stereocenters. The first-order chi connectivity index (χ1) is 6.84. The van der Waals surface area contributed by atoms with E-state index in [2.05, 4.69) is 20.4 Å². The highest BCUT2D eigenvalue weighted by atomic mass is 32.2. The molecule has 1 aromatic rings. The van der Waals surface area contributed by atoms with Crippen LogP contribution in [0, 0.1) is 0 Å². The number of thioether (sulfide) groups is 1. The zero-order valence-corrected chi connectivity index (χ0v) is 8.92. The molecule has 5 nitrogen and oxygen atoms in total. The van der Waals surface area contributed by atoms with Gasteiger partial charge in [0.1, 0.15) is 6.33 Å². The molecule has 0 aliphatic carbocycles. The highest BCUT2D eigenvalue weighted by molar-refractivity contribution is 8.14. The van der Waals surface area contributed by atoms with E-state index in [1.54, 1.807) is 22.8 Å². The second-order valence-electron chi connectivity index (χ2n) is 3.05. The second kappa shape index (κ2) is 4.45. The lowest BCUT2D eigenvalue weighted by Gasteiger charge is -2.01. The Balaban J connectivity index is 1.72. The fourth-order valence-electron chi connectivity index (χ4n) is 1.22. The van der Waals surface area contributed by atoms with E-state index >= 15 is 0 Å². The van der Waals surface area contributed by atoms with Crippen molar-refractivity contribution in [2.24, 2.45) is 12.0 Å². The second-order valence-corrected chi connectivity index (χ2v) is 4.13. The summed E-state index contributed by atoms with van der Waals surface area (Å²) in [5.74, 6) is 1.98. The van der Waals surface area contributed by atoms with Crippen molar-refractivity contribution in [3.05, 3.63) is 12.2 Å². The van der Waals surface area contributed by atoms with Crippen LogP contribution in [0.15, 0.2) is 11.3 Å². The van der Waals surface area contributed by atoms with Crippen molar-refractivity contribution in [2.45, 2.75) is 6.42 Å². The summed E-state index contributed by atoms with van der Waals surface area (Å²) in [5, 5.41) is 8.51. The van der Waals surface area contributed by atoms with Gasteiger partial charge in [-0.25, -0.2) is 4.98 Å². The van der Waals surface area contributed by atoms with Crippen LogP contribution in [-0.2, 0) is 13.5 Å². The van der Waals surface area contributed by atoms with E-state index in [1.165, 1.54) is 0 Å². The number of rotatable bonds is 3. The largest absolute Gasteiger partial charge is 0.364 e. The van der Waals surface area contributed by atoms with Gasteiger partial charge in [0.2, 0.25) is 0 Å². The van der Waals surface area contributed by atoms with E-state index in [1.807, 2.05) is 7.05 Å². The van der Waals surface area contributed by atoms with Crippen molar-refractivity contribution in [1.29, 1.82) is 0 Å². The number of aromatic nitrogens is 3. The standard InChI is InChI=1S/C8H13N5S/c1-13-6-11-7(12-13)2-3-9-8-10-4-5-14-8/h6H,2-5H2,1H3,(H,9,10). The summed E-state index contributed by atoms with van der Waals surface area (Å²) in [6.07, 6.45) is 2.57. The zero-order valence-electron chi connectivity index (χ0n) is 8.10. The van der Waals surface area contributed by atoms with Crippen LogP contribution in [0.5, 0.6) is 0 Å². The molecule has 0 amide bonds. The van der Waals surface area contributed by atoms with E-state index in [0.29, 0.717) is 0 Å². The van der Waals surface area contributed by atoms with Crippen LogP contribution in [-0.4, -0.2) is 38.8 Å². The Labute approximate surface area is 87.0 Å². The number of aliphatic imine (C=N–C) groups is 1. The lowest BCUT2D eigenvalue weighted by molar-refractivity contribution is 0.730. The molecular formula is C8H13N5S. The molecule has 0 spiro atoms. The lowest BCUT2D eigenvalue weighted by Crippen LogP contribution is -2.22. The first-order valence-electron chi connectivity index (χ1n) is 4.60. The number of hydrogen-bond donors (Lipinski definition) is 1. The van der Waals surface area contributed by atoms with Gasteiger partial charge < -0.3 is 5.32 Å². The fraction of sp³-hybridized carbons (Fsp3) is 0.625. The van der Waals surface area contributed by atoms with Crippen molar-refractivity contribution in [3.8, 4) is 0 Å². The molecule has 2 heterocycles. The number of aryl methyl sites for hydroxylation is 1. The first kappa shape index (κ1) is 9.51. The van der Waals surface area contributed by atoms with Crippen molar-refractivity contribution in [3.63, 3.8) is 0 Å². The molecule has 1 aliphatic rings. The first-order valence-corrected chi connectivity index (χ1v) is 5.59. The summed E-state index contributed by atoms with van der Waals surface area (Å²) >= 11 is 1.78. The normalized spacial score (nSPS) is 15.6. The molecule has 6 heteroatoms. The third kappa shape index (κ3) is 2.47. The minimum Gasteiger partial charge on any atom is -0.364 e. The monoisotopic (exact) mass is 211 g/mol. The minimum absolute atomic E-state index is 0.848. The van der Waals surface area contributed by atoms with Gasteiger partial charge >= 0.3 is 0 Å². The maximum Gasteiger partial charge on any atom is 0.156 e. The van der Waals surface area contributed by atoms with Crippen molar-refractivity contribution >= 4 is 16.9 Å². The van der Waals surface area contributed by atoms with Gasteiger partial charge in [0.25, 0.3) is 0 Å².